The zero-order valence-corrected chi connectivity index (χ0v) is 11.9. The number of halogens is 1. The summed E-state index contributed by atoms with van der Waals surface area (Å²) in [6, 6.07) is 5.80. The van der Waals surface area contributed by atoms with Gasteiger partial charge in [0.1, 0.15) is 0 Å². The van der Waals surface area contributed by atoms with E-state index in [9.17, 15) is 4.79 Å². The largest absolute Gasteiger partial charge is 0.371 e. The molecule has 1 aromatic rings. The van der Waals surface area contributed by atoms with E-state index in [-0.39, 0.29) is 0 Å². The molecular formula is C16H20ClNO. The Hall–Kier alpha value is -1.02. The molecular weight excluding hydrogens is 258 g/mol. The van der Waals surface area contributed by atoms with Crippen LogP contribution in [0.2, 0.25) is 5.02 Å². The highest BCUT2D eigenvalue weighted by atomic mass is 35.5. The zero-order chi connectivity index (χ0) is 13.2. The van der Waals surface area contributed by atoms with Crippen molar-refractivity contribution >= 4 is 23.6 Å². The molecule has 1 saturated heterocycles. The van der Waals surface area contributed by atoms with Crippen molar-refractivity contribution in [2.75, 3.05) is 18.0 Å². The second kappa shape index (κ2) is 5.54. The average molecular weight is 278 g/mol. The van der Waals surface area contributed by atoms with Gasteiger partial charge in [-0.1, -0.05) is 30.9 Å². The maximum atomic E-state index is 10.8. The molecule has 1 aliphatic carbocycles. The Bertz CT molecular complexity index is 474. The third kappa shape index (κ3) is 2.64. The lowest BCUT2D eigenvalue weighted by Gasteiger charge is -2.42. The summed E-state index contributed by atoms with van der Waals surface area (Å²) in [4.78, 5) is 13.2. The van der Waals surface area contributed by atoms with Crippen LogP contribution < -0.4 is 4.90 Å². The van der Waals surface area contributed by atoms with Gasteiger partial charge < -0.3 is 4.90 Å². The maximum Gasteiger partial charge on any atom is 0.151 e. The van der Waals surface area contributed by atoms with Crippen LogP contribution in [0.25, 0.3) is 0 Å². The van der Waals surface area contributed by atoms with Crippen molar-refractivity contribution in [1.82, 2.24) is 0 Å². The first kappa shape index (κ1) is 13.0. The third-order valence-corrected chi connectivity index (χ3v) is 5.09. The SMILES string of the molecule is O=Cc1ccc(N2CCC3CCCCC3C2)cc1Cl. The van der Waals surface area contributed by atoms with Crippen molar-refractivity contribution in [2.24, 2.45) is 11.8 Å². The molecule has 1 aromatic carbocycles. The average Bonchev–Trinajstić information content (AvgIpc) is 2.46. The number of anilines is 1. The van der Waals surface area contributed by atoms with Crippen LogP contribution in [0.1, 0.15) is 42.5 Å². The minimum atomic E-state index is 0.568. The lowest BCUT2D eigenvalue weighted by molar-refractivity contribution is 0.112. The van der Waals surface area contributed by atoms with Crippen LogP contribution in [0.3, 0.4) is 0 Å². The summed E-state index contributed by atoms with van der Waals surface area (Å²) in [5.74, 6) is 1.79. The summed E-state index contributed by atoms with van der Waals surface area (Å²) in [5, 5.41) is 0.568. The van der Waals surface area contributed by atoms with Crippen molar-refractivity contribution < 1.29 is 4.79 Å². The lowest BCUT2D eigenvalue weighted by atomic mass is 9.75. The van der Waals surface area contributed by atoms with Gasteiger partial charge in [0, 0.05) is 24.3 Å². The summed E-state index contributed by atoms with van der Waals surface area (Å²) in [6.07, 6.45) is 7.72. The topological polar surface area (TPSA) is 20.3 Å². The second-order valence-electron chi connectivity index (χ2n) is 5.86. The fourth-order valence-electron chi connectivity index (χ4n) is 3.64. The van der Waals surface area contributed by atoms with Crippen LogP contribution in [0, 0.1) is 11.8 Å². The molecule has 2 atom stereocenters. The number of carbonyl (C=O) groups is 1. The van der Waals surface area contributed by atoms with E-state index in [0.717, 1.165) is 31.2 Å². The van der Waals surface area contributed by atoms with E-state index in [1.165, 1.54) is 37.8 Å². The Morgan fingerprint density at radius 2 is 1.95 bits per heavy atom. The first-order chi connectivity index (χ1) is 9.28. The van der Waals surface area contributed by atoms with E-state index in [4.69, 9.17) is 11.6 Å². The molecule has 3 rings (SSSR count). The van der Waals surface area contributed by atoms with E-state index in [0.29, 0.717) is 10.6 Å². The van der Waals surface area contributed by atoms with Gasteiger partial charge in [-0.2, -0.15) is 0 Å². The Labute approximate surface area is 119 Å². The number of benzene rings is 1. The Morgan fingerprint density at radius 3 is 2.68 bits per heavy atom. The van der Waals surface area contributed by atoms with E-state index in [1.54, 1.807) is 0 Å². The second-order valence-corrected chi connectivity index (χ2v) is 6.27. The molecule has 0 bridgehead atoms. The molecule has 0 spiro atoms. The Morgan fingerprint density at radius 1 is 1.16 bits per heavy atom. The van der Waals surface area contributed by atoms with Crippen molar-refractivity contribution in [3.63, 3.8) is 0 Å². The first-order valence-corrected chi connectivity index (χ1v) is 7.65. The summed E-state index contributed by atoms with van der Waals surface area (Å²) in [5.41, 5.74) is 1.75. The van der Waals surface area contributed by atoms with Gasteiger partial charge in [0.25, 0.3) is 0 Å². The molecule has 0 radical (unpaired) electrons. The molecule has 0 aromatic heterocycles. The number of carbonyl (C=O) groups excluding carboxylic acids is 1. The summed E-state index contributed by atoms with van der Waals surface area (Å²) in [7, 11) is 0. The summed E-state index contributed by atoms with van der Waals surface area (Å²) in [6.45, 7) is 2.28. The predicted molar refractivity (Wildman–Crippen MR) is 79.1 cm³/mol. The van der Waals surface area contributed by atoms with Gasteiger partial charge in [-0.25, -0.2) is 0 Å². The summed E-state index contributed by atoms with van der Waals surface area (Å²) >= 11 is 6.13. The van der Waals surface area contributed by atoms with E-state index < -0.39 is 0 Å². The summed E-state index contributed by atoms with van der Waals surface area (Å²) < 4.78 is 0. The zero-order valence-electron chi connectivity index (χ0n) is 11.1. The minimum Gasteiger partial charge on any atom is -0.371 e. The number of nitrogens with zero attached hydrogens (tertiary/aromatic N) is 1. The van der Waals surface area contributed by atoms with Crippen LogP contribution in [0.15, 0.2) is 18.2 Å². The standard InChI is InChI=1S/C16H20ClNO/c17-16-9-15(6-5-14(16)11-19)18-8-7-12-3-1-2-4-13(12)10-18/h5-6,9,11-13H,1-4,7-8,10H2. The molecule has 19 heavy (non-hydrogen) atoms. The molecule has 1 saturated carbocycles. The van der Waals surface area contributed by atoms with Gasteiger partial charge in [-0.15, -0.1) is 0 Å². The van der Waals surface area contributed by atoms with Crippen LogP contribution in [0.5, 0.6) is 0 Å². The normalized spacial score (nSPS) is 26.9. The molecule has 2 nitrogen and oxygen atoms in total. The fourth-order valence-corrected chi connectivity index (χ4v) is 3.86. The number of hydrogen-bond acceptors (Lipinski definition) is 2. The lowest BCUT2D eigenvalue weighted by Crippen LogP contribution is -2.41. The molecule has 2 fully saturated rings. The third-order valence-electron chi connectivity index (χ3n) is 4.77. The van der Waals surface area contributed by atoms with E-state index in [1.807, 2.05) is 18.2 Å². The molecule has 102 valence electrons. The number of rotatable bonds is 2. The molecule has 0 amide bonds. The quantitative estimate of drug-likeness (QED) is 0.756. The number of hydrogen-bond donors (Lipinski definition) is 0. The monoisotopic (exact) mass is 277 g/mol. The van der Waals surface area contributed by atoms with Gasteiger partial charge in [-0.3, -0.25) is 4.79 Å². The molecule has 1 heterocycles. The molecule has 2 aliphatic rings. The molecule has 1 aliphatic heterocycles. The molecule has 3 heteroatoms. The number of aldehydes is 1. The van der Waals surface area contributed by atoms with Gasteiger partial charge in [0.15, 0.2) is 6.29 Å². The van der Waals surface area contributed by atoms with Crippen LogP contribution in [-0.4, -0.2) is 19.4 Å². The van der Waals surface area contributed by atoms with E-state index >= 15 is 0 Å². The molecule has 2 unspecified atom stereocenters. The maximum absolute atomic E-state index is 10.8. The van der Waals surface area contributed by atoms with Gasteiger partial charge in [0.05, 0.1) is 5.02 Å². The highest BCUT2D eigenvalue weighted by molar-refractivity contribution is 6.33. The van der Waals surface area contributed by atoms with Gasteiger partial charge in [-0.05, 0) is 42.9 Å². The fraction of sp³-hybridized carbons (Fsp3) is 0.562. The Kier molecular flexibility index (Phi) is 3.79. The Balaban J connectivity index is 1.75. The van der Waals surface area contributed by atoms with Crippen LogP contribution in [0.4, 0.5) is 5.69 Å². The van der Waals surface area contributed by atoms with Crippen molar-refractivity contribution in [3.05, 3.63) is 28.8 Å². The van der Waals surface area contributed by atoms with Crippen molar-refractivity contribution in [1.29, 1.82) is 0 Å². The smallest absolute Gasteiger partial charge is 0.151 e. The van der Waals surface area contributed by atoms with Crippen LogP contribution >= 0.6 is 11.6 Å². The van der Waals surface area contributed by atoms with Crippen molar-refractivity contribution in [2.45, 2.75) is 32.1 Å². The van der Waals surface area contributed by atoms with Gasteiger partial charge in [0.2, 0.25) is 0 Å². The van der Waals surface area contributed by atoms with Crippen molar-refractivity contribution in [3.8, 4) is 0 Å². The molecule has 0 N–H and O–H groups in total. The van der Waals surface area contributed by atoms with E-state index in [2.05, 4.69) is 4.90 Å². The minimum absolute atomic E-state index is 0.568. The number of fused-ring (bicyclic) bond motifs is 1. The highest BCUT2D eigenvalue weighted by Gasteiger charge is 2.31. The highest BCUT2D eigenvalue weighted by Crippen LogP contribution is 2.37. The first-order valence-electron chi connectivity index (χ1n) is 7.27. The predicted octanol–water partition coefficient (Wildman–Crippen LogP) is 4.17. The van der Waals surface area contributed by atoms with Crippen LogP contribution in [-0.2, 0) is 0 Å². The van der Waals surface area contributed by atoms with Gasteiger partial charge >= 0.3 is 0 Å². The number of piperidine rings is 1.